The summed E-state index contributed by atoms with van der Waals surface area (Å²) in [5, 5.41) is 6.62. The highest BCUT2D eigenvalue weighted by Crippen LogP contribution is 2.14. The van der Waals surface area contributed by atoms with Gasteiger partial charge < -0.3 is 10.6 Å². The topological polar surface area (TPSA) is 41.1 Å². The summed E-state index contributed by atoms with van der Waals surface area (Å²) < 4.78 is 0. The Hall–Kier alpha value is -1.84. The molecule has 3 nitrogen and oxygen atoms in total. The summed E-state index contributed by atoms with van der Waals surface area (Å²) in [6.45, 7) is 2.83. The average molecular weight is 289 g/mol. The van der Waals surface area contributed by atoms with Crippen LogP contribution < -0.4 is 10.6 Å². The summed E-state index contributed by atoms with van der Waals surface area (Å²) in [7, 11) is 0. The molecule has 0 atom stereocenters. The maximum Gasteiger partial charge on any atom is 0.238 e. The third-order valence-electron chi connectivity index (χ3n) is 2.89. The Labute approximate surface area is 124 Å². The van der Waals surface area contributed by atoms with E-state index in [1.54, 1.807) is 0 Å². The minimum atomic E-state index is -0.0686. The highest BCUT2D eigenvalue weighted by atomic mass is 35.5. The zero-order valence-electron chi connectivity index (χ0n) is 11.3. The summed E-state index contributed by atoms with van der Waals surface area (Å²) in [6, 6.07) is 15.3. The largest absolute Gasteiger partial charge is 0.325 e. The molecule has 0 spiro atoms. The maximum absolute atomic E-state index is 11.8. The van der Waals surface area contributed by atoms with Gasteiger partial charge in [-0.3, -0.25) is 4.79 Å². The number of hydrogen-bond acceptors (Lipinski definition) is 2. The molecule has 2 aromatic carbocycles. The number of amides is 1. The van der Waals surface area contributed by atoms with Crippen LogP contribution in [0.5, 0.6) is 0 Å². The summed E-state index contributed by atoms with van der Waals surface area (Å²) in [4.78, 5) is 11.8. The van der Waals surface area contributed by atoms with E-state index in [1.165, 1.54) is 5.56 Å². The van der Waals surface area contributed by atoms with Crippen LogP contribution in [0.4, 0.5) is 5.69 Å². The molecule has 0 heterocycles. The molecule has 20 heavy (non-hydrogen) atoms. The molecule has 1 amide bonds. The Morgan fingerprint density at radius 3 is 2.50 bits per heavy atom. The predicted molar refractivity (Wildman–Crippen MR) is 83.0 cm³/mol. The first-order valence-electron chi connectivity index (χ1n) is 6.46. The molecule has 0 radical (unpaired) electrons. The van der Waals surface area contributed by atoms with Gasteiger partial charge in [0.1, 0.15) is 0 Å². The van der Waals surface area contributed by atoms with Gasteiger partial charge in [0.2, 0.25) is 5.91 Å². The lowest BCUT2D eigenvalue weighted by Gasteiger charge is -2.08. The highest BCUT2D eigenvalue weighted by molar-refractivity contribution is 6.31. The first-order valence-corrected chi connectivity index (χ1v) is 6.83. The van der Waals surface area contributed by atoms with Crippen LogP contribution in [-0.2, 0) is 11.3 Å². The Balaban J connectivity index is 1.78. The second-order valence-electron chi connectivity index (χ2n) is 4.61. The van der Waals surface area contributed by atoms with Crippen LogP contribution in [0, 0.1) is 6.92 Å². The van der Waals surface area contributed by atoms with Gasteiger partial charge in [-0.1, -0.05) is 47.5 Å². The van der Waals surface area contributed by atoms with Gasteiger partial charge in [0.05, 0.1) is 6.54 Å². The normalized spacial score (nSPS) is 10.3. The third kappa shape index (κ3) is 4.37. The standard InChI is InChI=1S/C16H17ClN2O/c1-12-6-8-14(9-7-12)19-16(20)11-18-10-13-4-2-3-5-15(13)17/h2-9,18H,10-11H2,1H3,(H,19,20). The number of aryl methyl sites for hydroxylation is 1. The van der Waals surface area contributed by atoms with Crippen LogP contribution in [0.2, 0.25) is 5.02 Å². The molecule has 0 aliphatic rings. The minimum absolute atomic E-state index is 0.0686. The molecular weight excluding hydrogens is 272 g/mol. The molecule has 0 saturated carbocycles. The molecule has 0 aliphatic carbocycles. The van der Waals surface area contributed by atoms with Gasteiger partial charge in [-0.05, 0) is 30.7 Å². The maximum atomic E-state index is 11.8. The van der Waals surface area contributed by atoms with Crippen molar-refractivity contribution in [3.8, 4) is 0 Å². The summed E-state index contributed by atoms with van der Waals surface area (Å²) in [6.07, 6.45) is 0. The van der Waals surface area contributed by atoms with Crippen LogP contribution >= 0.6 is 11.6 Å². The molecule has 2 rings (SSSR count). The fourth-order valence-electron chi connectivity index (χ4n) is 1.79. The van der Waals surface area contributed by atoms with E-state index in [0.717, 1.165) is 11.3 Å². The number of benzene rings is 2. The van der Waals surface area contributed by atoms with E-state index in [-0.39, 0.29) is 12.5 Å². The van der Waals surface area contributed by atoms with Crippen molar-refractivity contribution in [1.82, 2.24) is 5.32 Å². The van der Waals surface area contributed by atoms with Gasteiger partial charge in [-0.25, -0.2) is 0 Å². The van der Waals surface area contributed by atoms with Crippen molar-refractivity contribution >= 4 is 23.2 Å². The Kier molecular flexibility index (Phi) is 5.16. The monoisotopic (exact) mass is 288 g/mol. The molecule has 0 saturated heterocycles. The Bertz CT molecular complexity index is 581. The lowest BCUT2D eigenvalue weighted by Crippen LogP contribution is -2.27. The van der Waals surface area contributed by atoms with Gasteiger partial charge in [0.25, 0.3) is 0 Å². The van der Waals surface area contributed by atoms with Crippen molar-refractivity contribution in [2.45, 2.75) is 13.5 Å². The smallest absolute Gasteiger partial charge is 0.238 e. The number of halogens is 1. The van der Waals surface area contributed by atoms with Gasteiger partial charge in [-0.2, -0.15) is 0 Å². The average Bonchev–Trinajstić information content (AvgIpc) is 2.43. The second-order valence-corrected chi connectivity index (χ2v) is 5.02. The molecule has 0 unspecified atom stereocenters. The number of carbonyl (C=O) groups excluding carboxylic acids is 1. The molecule has 0 aliphatic heterocycles. The molecule has 0 bridgehead atoms. The van der Waals surface area contributed by atoms with Crippen molar-refractivity contribution in [3.63, 3.8) is 0 Å². The minimum Gasteiger partial charge on any atom is -0.325 e. The van der Waals surface area contributed by atoms with Crippen molar-refractivity contribution in [2.75, 3.05) is 11.9 Å². The fourth-order valence-corrected chi connectivity index (χ4v) is 2.00. The van der Waals surface area contributed by atoms with E-state index in [4.69, 9.17) is 11.6 Å². The van der Waals surface area contributed by atoms with E-state index in [2.05, 4.69) is 10.6 Å². The molecule has 0 fully saturated rings. The molecule has 4 heteroatoms. The van der Waals surface area contributed by atoms with Crippen molar-refractivity contribution in [2.24, 2.45) is 0 Å². The zero-order valence-corrected chi connectivity index (χ0v) is 12.1. The van der Waals surface area contributed by atoms with E-state index in [9.17, 15) is 4.79 Å². The highest BCUT2D eigenvalue weighted by Gasteiger charge is 2.03. The van der Waals surface area contributed by atoms with Gasteiger partial charge in [-0.15, -0.1) is 0 Å². The second kappa shape index (κ2) is 7.08. The van der Waals surface area contributed by atoms with Crippen LogP contribution in [0.15, 0.2) is 48.5 Å². The van der Waals surface area contributed by atoms with Crippen LogP contribution in [0.3, 0.4) is 0 Å². The number of anilines is 1. The number of rotatable bonds is 5. The van der Waals surface area contributed by atoms with E-state index in [1.807, 2.05) is 55.5 Å². The molecule has 2 aromatic rings. The van der Waals surface area contributed by atoms with E-state index < -0.39 is 0 Å². The molecule has 0 aromatic heterocycles. The van der Waals surface area contributed by atoms with E-state index in [0.29, 0.717) is 11.6 Å². The third-order valence-corrected chi connectivity index (χ3v) is 3.26. The Morgan fingerprint density at radius 1 is 1.10 bits per heavy atom. The molecule has 104 valence electrons. The van der Waals surface area contributed by atoms with Gasteiger partial charge in [0, 0.05) is 17.3 Å². The summed E-state index contributed by atoms with van der Waals surface area (Å²) >= 11 is 6.04. The van der Waals surface area contributed by atoms with Crippen LogP contribution in [-0.4, -0.2) is 12.5 Å². The number of nitrogens with one attached hydrogen (secondary N) is 2. The van der Waals surface area contributed by atoms with Crippen LogP contribution in [0.1, 0.15) is 11.1 Å². The molecule has 2 N–H and O–H groups in total. The van der Waals surface area contributed by atoms with Crippen molar-refractivity contribution in [1.29, 1.82) is 0 Å². The molecular formula is C16H17ClN2O. The Morgan fingerprint density at radius 2 is 1.80 bits per heavy atom. The van der Waals surface area contributed by atoms with Gasteiger partial charge in [0.15, 0.2) is 0 Å². The summed E-state index contributed by atoms with van der Waals surface area (Å²) in [5.74, 6) is -0.0686. The predicted octanol–water partition coefficient (Wildman–Crippen LogP) is 3.38. The van der Waals surface area contributed by atoms with Gasteiger partial charge >= 0.3 is 0 Å². The summed E-state index contributed by atoms with van der Waals surface area (Å²) in [5.41, 5.74) is 2.96. The first-order chi connectivity index (χ1) is 9.65. The van der Waals surface area contributed by atoms with Crippen LogP contribution in [0.25, 0.3) is 0 Å². The SMILES string of the molecule is Cc1ccc(NC(=O)CNCc2ccccc2Cl)cc1. The first kappa shape index (κ1) is 14.6. The quantitative estimate of drug-likeness (QED) is 0.885. The lowest BCUT2D eigenvalue weighted by molar-refractivity contribution is -0.115. The van der Waals surface area contributed by atoms with Crippen molar-refractivity contribution in [3.05, 3.63) is 64.7 Å². The zero-order chi connectivity index (χ0) is 14.4. The lowest BCUT2D eigenvalue weighted by atomic mass is 10.2. The van der Waals surface area contributed by atoms with E-state index >= 15 is 0 Å². The van der Waals surface area contributed by atoms with Crippen molar-refractivity contribution < 1.29 is 4.79 Å². The fraction of sp³-hybridized carbons (Fsp3) is 0.188. The number of hydrogen-bond donors (Lipinski definition) is 2. The number of carbonyl (C=O) groups is 1.